The van der Waals surface area contributed by atoms with Gasteiger partial charge in [0, 0.05) is 11.1 Å². The summed E-state index contributed by atoms with van der Waals surface area (Å²) in [5.41, 5.74) is 2.15. The lowest BCUT2D eigenvalue weighted by Crippen LogP contribution is -2.20. The quantitative estimate of drug-likeness (QED) is 0.437. The number of hydrogen-bond donors (Lipinski definition) is 0. The molecule has 0 fully saturated rings. The molecule has 1 aliphatic carbocycles. The van der Waals surface area contributed by atoms with Gasteiger partial charge in [0.2, 0.25) is 11.6 Å². The minimum atomic E-state index is -0.357. The van der Waals surface area contributed by atoms with Crippen LogP contribution in [0, 0.1) is 0 Å². The van der Waals surface area contributed by atoms with Gasteiger partial charge in [-0.25, -0.2) is 0 Å². The van der Waals surface area contributed by atoms with E-state index < -0.39 is 0 Å². The Balaban J connectivity index is 3.19. The molecule has 0 radical (unpaired) electrons. The highest BCUT2D eigenvalue weighted by atomic mass is 16.2. The van der Waals surface area contributed by atoms with E-state index in [9.17, 15) is 9.59 Å². The van der Waals surface area contributed by atoms with Crippen molar-refractivity contribution >= 4 is 11.6 Å². The fourth-order valence-electron chi connectivity index (χ4n) is 1.30. The van der Waals surface area contributed by atoms with Crippen molar-refractivity contribution < 1.29 is 9.59 Å². The Labute approximate surface area is 72.0 Å². The molecular weight excluding hydrogens is 152 g/mol. The van der Waals surface area contributed by atoms with Crippen LogP contribution in [0.2, 0.25) is 0 Å². The van der Waals surface area contributed by atoms with Gasteiger partial charge in [0.25, 0.3) is 0 Å². The third kappa shape index (κ3) is 1.24. The van der Waals surface area contributed by atoms with Gasteiger partial charge in [0.05, 0.1) is 0 Å². The van der Waals surface area contributed by atoms with Gasteiger partial charge in [0.1, 0.15) is 0 Å². The van der Waals surface area contributed by atoms with Crippen molar-refractivity contribution in [2.75, 3.05) is 0 Å². The topological polar surface area (TPSA) is 34.1 Å². The molecule has 0 saturated heterocycles. The molecule has 0 bridgehead atoms. The van der Waals surface area contributed by atoms with Gasteiger partial charge in [-0.1, -0.05) is 13.0 Å². The molecule has 0 saturated carbocycles. The number of allylic oxidation sites excluding steroid dienone is 4. The Morgan fingerprint density at radius 2 is 1.75 bits per heavy atom. The summed E-state index contributed by atoms with van der Waals surface area (Å²) in [6, 6.07) is 0. The monoisotopic (exact) mass is 164 g/mol. The number of rotatable bonds is 1. The second kappa shape index (κ2) is 3.05. The largest absolute Gasteiger partial charge is 0.285 e. The zero-order valence-corrected chi connectivity index (χ0v) is 7.60. The van der Waals surface area contributed by atoms with Crippen LogP contribution >= 0.6 is 0 Å². The molecule has 0 amide bonds. The van der Waals surface area contributed by atoms with Crippen LogP contribution in [0.4, 0.5) is 0 Å². The first-order valence-electron chi connectivity index (χ1n) is 4.05. The van der Waals surface area contributed by atoms with Crippen LogP contribution in [-0.4, -0.2) is 11.6 Å². The third-order valence-electron chi connectivity index (χ3n) is 2.16. The molecule has 0 heterocycles. The van der Waals surface area contributed by atoms with Crippen LogP contribution in [0.15, 0.2) is 22.8 Å². The first-order valence-corrected chi connectivity index (χ1v) is 4.05. The molecule has 2 nitrogen and oxygen atoms in total. The summed E-state index contributed by atoms with van der Waals surface area (Å²) in [6.45, 7) is 5.37. The van der Waals surface area contributed by atoms with Crippen molar-refractivity contribution in [1.29, 1.82) is 0 Å². The highest BCUT2D eigenvalue weighted by Gasteiger charge is 2.23. The zero-order chi connectivity index (χ0) is 9.30. The summed E-state index contributed by atoms with van der Waals surface area (Å²) in [5, 5.41) is 0. The van der Waals surface area contributed by atoms with Crippen molar-refractivity contribution in [3.63, 3.8) is 0 Å². The molecule has 0 aromatic rings. The normalized spacial score (nSPS) is 18.4. The van der Waals surface area contributed by atoms with Crippen molar-refractivity contribution in [2.24, 2.45) is 0 Å². The molecule has 2 heteroatoms. The van der Waals surface area contributed by atoms with Crippen molar-refractivity contribution in [1.82, 2.24) is 0 Å². The molecule has 0 unspecified atom stereocenters. The van der Waals surface area contributed by atoms with Gasteiger partial charge in [-0.2, -0.15) is 0 Å². The average molecular weight is 164 g/mol. The SMILES string of the molecule is CCC1=C(C)C(=O)C(=O)C(C)=C1. The predicted molar refractivity (Wildman–Crippen MR) is 46.8 cm³/mol. The van der Waals surface area contributed by atoms with E-state index in [2.05, 4.69) is 0 Å². The molecule has 1 rings (SSSR count). The summed E-state index contributed by atoms with van der Waals surface area (Å²) < 4.78 is 0. The highest BCUT2D eigenvalue weighted by Crippen LogP contribution is 2.20. The van der Waals surface area contributed by atoms with E-state index in [1.54, 1.807) is 19.9 Å². The lowest BCUT2D eigenvalue weighted by atomic mass is 9.91. The molecule has 1 aliphatic rings. The fraction of sp³-hybridized carbons (Fsp3) is 0.400. The number of carbonyl (C=O) groups excluding carboxylic acids is 2. The summed E-state index contributed by atoms with van der Waals surface area (Å²) in [4.78, 5) is 22.4. The van der Waals surface area contributed by atoms with E-state index in [4.69, 9.17) is 0 Å². The zero-order valence-electron chi connectivity index (χ0n) is 7.60. The van der Waals surface area contributed by atoms with Crippen LogP contribution in [0.1, 0.15) is 27.2 Å². The fourth-order valence-corrected chi connectivity index (χ4v) is 1.30. The Bertz CT molecular complexity index is 302. The van der Waals surface area contributed by atoms with E-state index >= 15 is 0 Å². The summed E-state index contributed by atoms with van der Waals surface area (Å²) in [7, 11) is 0. The van der Waals surface area contributed by atoms with Gasteiger partial charge in [-0.05, 0) is 25.8 Å². The van der Waals surface area contributed by atoms with Crippen molar-refractivity contribution in [2.45, 2.75) is 27.2 Å². The lowest BCUT2D eigenvalue weighted by molar-refractivity contribution is -0.132. The molecular formula is C10H12O2. The van der Waals surface area contributed by atoms with E-state index in [0.717, 1.165) is 12.0 Å². The summed E-state index contributed by atoms with van der Waals surface area (Å²) in [5.74, 6) is -0.698. The maximum absolute atomic E-state index is 11.3. The van der Waals surface area contributed by atoms with Crippen LogP contribution < -0.4 is 0 Å². The number of ketones is 2. The second-order valence-electron chi connectivity index (χ2n) is 2.99. The van der Waals surface area contributed by atoms with E-state index in [-0.39, 0.29) is 11.6 Å². The van der Waals surface area contributed by atoms with E-state index in [1.807, 2.05) is 6.92 Å². The molecule has 0 spiro atoms. The van der Waals surface area contributed by atoms with Crippen LogP contribution in [-0.2, 0) is 9.59 Å². The molecule has 0 aromatic carbocycles. The number of hydrogen-bond acceptors (Lipinski definition) is 2. The minimum Gasteiger partial charge on any atom is -0.285 e. The van der Waals surface area contributed by atoms with Gasteiger partial charge in [-0.15, -0.1) is 0 Å². The molecule has 12 heavy (non-hydrogen) atoms. The van der Waals surface area contributed by atoms with E-state index in [1.165, 1.54) is 0 Å². The second-order valence-corrected chi connectivity index (χ2v) is 2.99. The molecule has 0 aromatic heterocycles. The molecule has 64 valence electrons. The van der Waals surface area contributed by atoms with Crippen molar-refractivity contribution in [3.8, 4) is 0 Å². The van der Waals surface area contributed by atoms with Gasteiger partial charge < -0.3 is 0 Å². The van der Waals surface area contributed by atoms with Crippen molar-refractivity contribution in [3.05, 3.63) is 22.8 Å². The molecule has 0 atom stereocenters. The third-order valence-corrected chi connectivity index (χ3v) is 2.16. The Kier molecular flexibility index (Phi) is 2.27. The predicted octanol–water partition coefficient (Wildman–Crippen LogP) is 1.81. The van der Waals surface area contributed by atoms with Crippen LogP contribution in [0.25, 0.3) is 0 Å². The van der Waals surface area contributed by atoms with E-state index in [0.29, 0.717) is 11.1 Å². The maximum atomic E-state index is 11.3. The highest BCUT2D eigenvalue weighted by molar-refractivity contribution is 6.49. The molecule has 0 aliphatic heterocycles. The Morgan fingerprint density at radius 3 is 2.25 bits per heavy atom. The Hall–Kier alpha value is -1.18. The van der Waals surface area contributed by atoms with Crippen LogP contribution in [0.5, 0.6) is 0 Å². The lowest BCUT2D eigenvalue weighted by Gasteiger charge is -2.11. The smallest absolute Gasteiger partial charge is 0.229 e. The number of carbonyl (C=O) groups is 2. The standard InChI is InChI=1S/C10H12O2/c1-4-8-5-6(2)9(11)10(12)7(8)3/h5H,4H2,1-3H3. The van der Waals surface area contributed by atoms with Gasteiger partial charge >= 0.3 is 0 Å². The first-order chi connectivity index (χ1) is 5.57. The number of Topliss-reactive ketones (excluding diaryl/α,β-unsaturated/α-hetero) is 2. The summed E-state index contributed by atoms with van der Waals surface area (Å²) >= 11 is 0. The Morgan fingerprint density at radius 1 is 1.17 bits per heavy atom. The van der Waals surface area contributed by atoms with Crippen LogP contribution in [0.3, 0.4) is 0 Å². The van der Waals surface area contributed by atoms with Gasteiger partial charge in [-0.3, -0.25) is 9.59 Å². The van der Waals surface area contributed by atoms with Gasteiger partial charge in [0.15, 0.2) is 0 Å². The maximum Gasteiger partial charge on any atom is 0.229 e. The minimum absolute atomic E-state index is 0.341. The average Bonchev–Trinajstić information content (AvgIpc) is 2.08. The first kappa shape index (κ1) is 8.91. The summed E-state index contributed by atoms with van der Waals surface area (Å²) in [6.07, 6.45) is 2.61. The molecule has 0 N–H and O–H groups in total.